The molecule has 1 fully saturated rings. The standard InChI is InChI=1S/C20H26N4O6/c1-14-10-17(23-30-14)22-18(25)6-7-20(27)24(12-16-5-3-9-29-16)13-19(26)21-11-15-4-2-8-28-15/h3,5,9-10,15H,2,4,6-8,11-13H2,1H3,(H,21,26)(H,22,23,25)/t15-/m0/s1. The molecule has 3 rings (SSSR count). The Hall–Kier alpha value is -3.14. The predicted octanol–water partition coefficient (Wildman–Crippen LogP) is 1.62. The van der Waals surface area contributed by atoms with Crippen LogP contribution in [0.15, 0.2) is 33.4 Å². The minimum absolute atomic E-state index is 0.0204. The van der Waals surface area contributed by atoms with Gasteiger partial charge in [0.2, 0.25) is 17.7 Å². The maximum Gasteiger partial charge on any atom is 0.239 e. The lowest BCUT2D eigenvalue weighted by atomic mass is 10.2. The van der Waals surface area contributed by atoms with Crippen LogP contribution in [0.1, 0.15) is 37.2 Å². The van der Waals surface area contributed by atoms with Gasteiger partial charge in [0.05, 0.1) is 25.5 Å². The molecule has 0 aromatic carbocycles. The van der Waals surface area contributed by atoms with Crippen molar-refractivity contribution in [1.29, 1.82) is 0 Å². The number of anilines is 1. The molecule has 1 aliphatic rings. The quantitative estimate of drug-likeness (QED) is 0.600. The number of hydrogen-bond acceptors (Lipinski definition) is 7. The van der Waals surface area contributed by atoms with Crippen LogP contribution in [0, 0.1) is 6.92 Å². The lowest BCUT2D eigenvalue weighted by Gasteiger charge is -2.21. The highest BCUT2D eigenvalue weighted by molar-refractivity contribution is 5.93. The highest BCUT2D eigenvalue weighted by atomic mass is 16.5. The van der Waals surface area contributed by atoms with Gasteiger partial charge in [-0.25, -0.2) is 0 Å². The van der Waals surface area contributed by atoms with Crippen LogP contribution in [0.3, 0.4) is 0 Å². The van der Waals surface area contributed by atoms with E-state index in [-0.39, 0.29) is 49.8 Å². The monoisotopic (exact) mass is 418 g/mol. The van der Waals surface area contributed by atoms with Crippen LogP contribution in [-0.2, 0) is 25.7 Å². The van der Waals surface area contributed by atoms with E-state index in [0.717, 1.165) is 12.8 Å². The topological polar surface area (TPSA) is 127 Å². The zero-order chi connectivity index (χ0) is 21.3. The summed E-state index contributed by atoms with van der Waals surface area (Å²) in [6.45, 7) is 2.85. The Morgan fingerprint density at radius 2 is 2.13 bits per heavy atom. The zero-order valence-corrected chi connectivity index (χ0v) is 16.9. The Balaban J connectivity index is 1.50. The number of hydrogen-bond donors (Lipinski definition) is 2. The van der Waals surface area contributed by atoms with Crippen molar-refractivity contribution in [2.75, 3.05) is 25.0 Å². The summed E-state index contributed by atoms with van der Waals surface area (Å²) in [5.74, 6) is 0.444. The van der Waals surface area contributed by atoms with Crippen molar-refractivity contribution in [3.05, 3.63) is 36.0 Å². The van der Waals surface area contributed by atoms with Gasteiger partial charge in [0.25, 0.3) is 0 Å². The molecule has 1 atom stereocenters. The highest BCUT2D eigenvalue weighted by Gasteiger charge is 2.21. The molecular weight excluding hydrogens is 392 g/mol. The van der Waals surface area contributed by atoms with E-state index in [1.807, 2.05) is 0 Å². The molecule has 1 saturated heterocycles. The molecule has 2 N–H and O–H groups in total. The van der Waals surface area contributed by atoms with E-state index in [0.29, 0.717) is 30.5 Å². The molecule has 3 amide bonds. The number of carbonyl (C=O) groups is 3. The SMILES string of the molecule is Cc1cc(NC(=O)CCC(=O)N(CC(=O)NC[C@@H]2CCCO2)Cc2ccco2)no1. The Morgan fingerprint density at radius 3 is 2.80 bits per heavy atom. The first kappa shape index (κ1) is 21.6. The van der Waals surface area contributed by atoms with Gasteiger partial charge in [-0.1, -0.05) is 5.16 Å². The molecule has 2 aromatic rings. The lowest BCUT2D eigenvalue weighted by Crippen LogP contribution is -2.42. The molecule has 0 aliphatic carbocycles. The van der Waals surface area contributed by atoms with Crippen LogP contribution < -0.4 is 10.6 Å². The van der Waals surface area contributed by atoms with Crippen LogP contribution in [0.2, 0.25) is 0 Å². The van der Waals surface area contributed by atoms with E-state index in [2.05, 4.69) is 15.8 Å². The second-order valence-corrected chi connectivity index (χ2v) is 7.14. The van der Waals surface area contributed by atoms with Crippen molar-refractivity contribution in [2.45, 2.75) is 45.3 Å². The number of nitrogens with one attached hydrogen (secondary N) is 2. The van der Waals surface area contributed by atoms with Gasteiger partial charge in [-0.3, -0.25) is 14.4 Å². The third-order valence-electron chi connectivity index (χ3n) is 4.63. The smallest absolute Gasteiger partial charge is 0.239 e. The molecule has 10 nitrogen and oxygen atoms in total. The van der Waals surface area contributed by atoms with Gasteiger partial charge >= 0.3 is 0 Å². The molecule has 162 valence electrons. The molecular formula is C20H26N4O6. The first-order valence-electron chi connectivity index (χ1n) is 9.91. The fraction of sp³-hybridized carbons (Fsp3) is 0.500. The highest BCUT2D eigenvalue weighted by Crippen LogP contribution is 2.12. The lowest BCUT2D eigenvalue weighted by molar-refractivity contribution is -0.137. The van der Waals surface area contributed by atoms with Gasteiger partial charge in [-0.15, -0.1) is 0 Å². The summed E-state index contributed by atoms with van der Waals surface area (Å²) in [7, 11) is 0. The van der Waals surface area contributed by atoms with Crippen molar-refractivity contribution in [1.82, 2.24) is 15.4 Å². The molecule has 0 spiro atoms. The van der Waals surface area contributed by atoms with Crippen LogP contribution in [0.5, 0.6) is 0 Å². The van der Waals surface area contributed by atoms with E-state index in [1.54, 1.807) is 25.1 Å². The summed E-state index contributed by atoms with van der Waals surface area (Å²) in [6.07, 6.45) is 3.32. The summed E-state index contributed by atoms with van der Waals surface area (Å²) < 4.78 is 15.7. The number of aryl methyl sites for hydroxylation is 1. The molecule has 3 heterocycles. The number of rotatable bonds is 10. The van der Waals surface area contributed by atoms with Gasteiger partial charge in [-0.05, 0) is 31.9 Å². The second kappa shape index (κ2) is 10.6. The number of nitrogens with zero attached hydrogens (tertiary/aromatic N) is 2. The number of amides is 3. The van der Waals surface area contributed by atoms with Crippen molar-refractivity contribution in [3.63, 3.8) is 0 Å². The summed E-state index contributed by atoms with van der Waals surface area (Å²) >= 11 is 0. The third-order valence-corrected chi connectivity index (χ3v) is 4.63. The zero-order valence-electron chi connectivity index (χ0n) is 16.9. The molecule has 2 aromatic heterocycles. The molecule has 1 aliphatic heterocycles. The molecule has 10 heteroatoms. The average molecular weight is 418 g/mol. The van der Waals surface area contributed by atoms with E-state index < -0.39 is 0 Å². The van der Waals surface area contributed by atoms with Crippen LogP contribution in [-0.4, -0.2) is 53.6 Å². The van der Waals surface area contributed by atoms with E-state index >= 15 is 0 Å². The van der Waals surface area contributed by atoms with Crippen LogP contribution in [0.4, 0.5) is 5.82 Å². The first-order chi connectivity index (χ1) is 14.5. The van der Waals surface area contributed by atoms with Gasteiger partial charge in [0.15, 0.2) is 5.82 Å². The molecule has 0 bridgehead atoms. The van der Waals surface area contributed by atoms with Gasteiger partial charge < -0.3 is 29.2 Å². The maximum absolute atomic E-state index is 12.7. The number of furan rings is 1. The van der Waals surface area contributed by atoms with Gasteiger partial charge in [0, 0.05) is 32.1 Å². The normalized spacial score (nSPS) is 15.7. The third kappa shape index (κ3) is 6.73. The van der Waals surface area contributed by atoms with Crippen molar-refractivity contribution in [2.24, 2.45) is 0 Å². The van der Waals surface area contributed by atoms with Crippen molar-refractivity contribution >= 4 is 23.5 Å². The van der Waals surface area contributed by atoms with Crippen LogP contribution >= 0.6 is 0 Å². The van der Waals surface area contributed by atoms with E-state index in [9.17, 15) is 14.4 Å². The minimum atomic E-state index is -0.363. The van der Waals surface area contributed by atoms with Crippen LogP contribution in [0.25, 0.3) is 0 Å². The number of carbonyl (C=O) groups excluding carboxylic acids is 3. The summed E-state index contributed by atoms with van der Waals surface area (Å²) in [6, 6.07) is 5.02. The summed E-state index contributed by atoms with van der Waals surface area (Å²) in [4.78, 5) is 38.5. The average Bonchev–Trinajstić information content (AvgIpc) is 3.48. The Labute approximate surface area is 173 Å². The fourth-order valence-corrected chi connectivity index (χ4v) is 3.09. The molecule has 0 saturated carbocycles. The van der Waals surface area contributed by atoms with Crippen molar-refractivity contribution in [3.8, 4) is 0 Å². The minimum Gasteiger partial charge on any atom is -0.467 e. The largest absolute Gasteiger partial charge is 0.467 e. The summed E-state index contributed by atoms with van der Waals surface area (Å²) in [5, 5.41) is 9.05. The number of ether oxygens (including phenoxy) is 1. The predicted molar refractivity (Wildman–Crippen MR) is 105 cm³/mol. The Kier molecular flexibility index (Phi) is 7.61. The Morgan fingerprint density at radius 1 is 1.27 bits per heavy atom. The van der Waals surface area contributed by atoms with Gasteiger partial charge in [-0.2, -0.15) is 0 Å². The molecule has 0 radical (unpaired) electrons. The fourth-order valence-electron chi connectivity index (χ4n) is 3.09. The Bertz CT molecular complexity index is 841. The first-order valence-corrected chi connectivity index (χ1v) is 9.91. The van der Waals surface area contributed by atoms with E-state index in [1.165, 1.54) is 11.2 Å². The molecule has 0 unspecified atom stereocenters. The second-order valence-electron chi connectivity index (χ2n) is 7.14. The van der Waals surface area contributed by atoms with E-state index in [4.69, 9.17) is 13.7 Å². The van der Waals surface area contributed by atoms with Gasteiger partial charge in [0.1, 0.15) is 11.5 Å². The van der Waals surface area contributed by atoms with Crippen molar-refractivity contribution < 1.29 is 28.1 Å². The molecule has 30 heavy (non-hydrogen) atoms. The summed E-state index contributed by atoms with van der Waals surface area (Å²) in [5.41, 5.74) is 0. The number of aromatic nitrogens is 1. The maximum atomic E-state index is 12.7.